The summed E-state index contributed by atoms with van der Waals surface area (Å²) in [7, 11) is -1.93. The first-order valence-corrected chi connectivity index (χ1v) is 12.3. The van der Waals surface area contributed by atoms with Crippen molar-refractivity contribution in [2.45, 2.75) is 6.61 Å². The van der Waals surface area contributed by atoms with Crippen molar-refractivity contribution in [2.75, 3.05) is 7.11 Å². The first-order valence-electron chi connectivity index (χ1n) is 10.6. The first-order chi connectivity index (χ1) is 16.1. The smallest absolute Gasteiger partial charge is 0.311 e. The van der Waals surface area contributed by atoms with Gasteiger partial charge < -0.3 is 14.0 Å². The summed E-state index contributed by atoms with van der Waals surface area (Å²) in [5.41, 5.74) is 3.90. The second-order valence-corrected chi connectivity index (χ2v) is 9.97. The lowest BCUT2D eigenvalue weighted by Gasteiger charge is -2.29. The maximum Gasteiger partial charge on any atom is 0.311 e. The highest BCUT2D eigenvalue weighted by atomic mass is 31.2. The quantitative estimate of drug-likeness (QED) is 0.325. The average molecular weight is 454 g/mol. The number of ether oxygens (including phenoxy) is 2. The minimum absolute atomic E-state index is 0.383. The molecule has 0 radical (unpaired) electrons. The summed E-state index contributed by atoms with van der Waals surface area (Å²) in [4.78, 5) is 0. The van der Waals surface area contributed by atoms with Crippen LogP contribution >= 0.6 is 7.37 Å². The number of para-hydroxylation sites is 1. The minimum Gasteiger partial charge on any atom is -0.496 e. The number of hydrogen-bond acceptors (Lipinski definition) is 4. The topological polar surface area (TPSA) is 44.8 Å². The van der Waals surface area contributed by atoms with E-state index in [1.165, 1.54) is 0 Å². The van der Waals surface area contributed by atoms with Crippen LogP contribution in [-0.4, -0.2) is 7.11 Å². The van der Waals surface area contributed by atoms with Crippen molar-refractivity contribution >= 4 is 24.1 Å². The molecular formula is C28H23O4P. The van der Waals surface area contributed by atoms with Crippen molar-refractivity contribution in [3.8, 4) is 28.4 Å². The zero-order valence-corrected chi connectivity index (χ0v) is 19.1. The normalized spacial score (nSPS) is 16.2. The molecule has 0 saturated carbocycles. The van der Waals surface area contributed by atoms with E-state index in [0.717, 1.165) is 22.3 Å². The molecule has 0 aromatic heterocycles. The summed E-state index contributed by atoms with van der Waals surface area (Å²) < 4.78 is 32.4. The number of rotatable bonds is 6. The molecule has 33 heavy (non-hydrogen) atoms. The third-order valence-corrected chi connectivity index (χ3v) is 8.18. The Kier molecular flexibility index (Phi) is 5.53. The van der Waals surface area contributed by atoms with Gasteiger partial charge in [-0.1, -0.05) is 73.3 Å². The zero-order valence-electron chi connectivity index (χ0n) is 18.2. The molecule has 5 rings (SSSR count). The molecule has 0 fully saturated rings. The van der Waals surface area contributed by atoms with Crippen LogP contribution in [0.1, 0.15) is 11.1 Å². The number of hydrogen-bond donors (Lipinski definition) is 0. The van der Waals surface area contributed by atoms with Crippen molar-refractivity contribution in [1.29, 1.82) is 0 Å². The van der Waals surface area contributed by atoms with E-state index in [4.69, 9.17) is 14.0 Å². The van der Waals surface area contributed by atoms with Crippen molar-refractivity contribution in [3.05, 3.63) is 109 Å². The maximum atomic E-state index is 14.5. The Morgan fingerprint density at radius 3 is 2.36 bits per heavy atom. The van der Waals surface area contributed by atoms with Crippen LogP contribution in [0.15, 0.2) is 97.6 Å². The Morgan fingerprint density at radius 2 is 1.61 bits per heavy atom. The number of benzene rings is 4. The number of methoxy groups -OCH3 is 1. The molecule has 1 heterocycles. The molecule has 1 aliphatic rings. The fourth-order valence-corrected chi connectivity index (χ4v) is 6.44. The summed E-state index contributed by atoms with van der Waals surface area (Å²) in [6, 6.07) is 28.7. The van der Waals surface area contributed by atoms with Gasteiger partial charge in [-0.3, -0.25) is 4.57 Å². The Balaban J connectivity index is 1.54. The van der Waals surface area contributed by atoms with Crippen molar-refractivity contribution in [1.82, 2.24) is 0 Å². The van der Waals surface area contributed by atoms with Gasteiger partial charge in [-0.15, -0.1) is 0 Å². The molecular weight excluding hydrogens is 431 g/mol. The van der Waals surface area contributed by atoms with Crippen LogP contribution in [0.25, 0.3) is 17.2 Å². The van der Waals surface area contributed by atoms with Gasteiger partial charge in [0.2, 0.25) is 0 Å². The van der Waals surface area contributed by atoms with Crippen LogP contribution in [0.2, 0.25) is 0 Å². The molecule has 1 unspecified atom stereocenters. The maximum absolute atomic E-state index is 14.5. The minimum atomic E-state index is -3.49. The third-order valence-electron chi connectivity index (χ3n) is 5.71. The molecule has 164 valence electrons. The predicted octanol–water partition coefficient (Wildman–Crippen LogP) is 6.21. The summed E-state index contributed by atoms with van der Waals surface area (Å²) in [6.07, 6.45) is 1.80. The van der Waals surface area contributed by atoms with Crippen LogP contribution in [-0.2, 0) is 11.2 Å². The van der Waals surface area contributed by atoms with Gasteiger partial charge in [-0.2, -0.15) is 0 Å². The van der Waals surface area contributed by atoms with E-state index in [1.54, 1.807) is 25.3 Å². The largest absolute Gasteiger partial charge is 0.496 e. The molecule has 0 amide bonds. The second kappa shape index (κ2) is 8.65. The SMILES string of the molecule is C=Cc1ccc(COc2ccc(OC)c(P3(=O)Oc4ccccc4-c4ccccc43)c2)cc1. The molecule has 0 aliphatic carbocycles. The standard InChI is InChI=1S/C28H23O4P/c1-3-20-12-14-21(15-13-20)19-31-22-16-17-26(30-2)28(18-22)33(29)27-11-7-5-9-24(27)23-8-4-6-10-25(23)32-33/h3-18H,1,19H2,2H3. The summed E-state index contributed by atoms with van der Waals surface area (Å²) in [6.45, 7) is 4.16. The van der Waals surface area contributed by atoms with E-state index in [1.807, 2.05) is 78.9 Å². The van der Waals surface area contributed by atoms with Gasteiger partial charge >= 0.3 is 7.37 Å². The molecule has 4 aromatic carbocycles. The second-order valence-electron chi connectivity index (χ2n) is 7.72. The van der Waals surface area contributed by atoms with Crippen molar-refractivity contribution < 1.29 is 18.6 Å². The Hall–Kier alpha value is -3.75. The first kappa shape index (κ1) is 21.1. The van der Waals surface area contributed by atoms with E-state index < -0.39 is 7.37 Å². The Morgan fingerprint density at radius 1 is 0.879 bits per heavy atom. The highest BCUT2D eigenvalue weighted by molar-refractivity contribution is 7.75. The van der Waals surface area contributed by atoms with Crippen LogP contribution in [0.5, 0.6) is 17.2 Å². The lowest BCUT2D eigenvalue weighted by molar-refractivity contribution is 0.306. The molecule has 0 spiro atoms. The molecule has 1 atom stereocenters. The van der Waals surface area contributed by atoms with Gasteiger partial charge in [0, 0.05) is 5.56 Å². The Labute approximate surface area is 193 Å². The fraction of sp³-hybridized carbons (Fsp3) is 0.0714. The van der Waals surface area contributed by atoms with Crippen LogP contribution in [0, 0.1) is 0 Å². The Bertz CT molecular complexity index is 1380. The molecule has 1 aliphatic heterocycles. The van der Waals surface area contributed by atoms with E-state index in [2.05, 4.69) is 6.58 Å². The molecule has 0 bridgehead atoms. The van der Waals surface area contributed by atoms with E-state index in [9.17, 15) is 4.57 Å². The van der Waals surface area contributed by atoms with E-state index >= 15 is 0 Å². The van der Waals surface area contributed by atoms with Crippen LogP contribution in [0.4, 0.5) is 0 Å². The van der Waals surface area contributed by atoms with Gasteiger partial charge in [0.25, 0.3) is 0 Å². The molecule has 4 nitrogen and oxygen atoms in total. The highest BCUT2D eigenvalue weighted by Gasteiger charge is 2.40. The van der Waals surface area contributed by atoms with E-state index in [-0.39, 0.29) is 0 Å². The van der Waals surface area contributed by atoms with Crippen molar-refractivity contribution in [2.24, 2.45) is 0 Å². The third kappa shape index (κ3) is 3.83. The van der Waals surface area contributed by atoms with E-state index in [0.29, 0.717) is 34.5 Å². The van der Waals surface area contributed by atoms with Crippen LogP contribution in [0.3, 0.4) is 0 Å². The van der Waals surface area contributed by atoms with Gasteiger partial charge in [-0.25, -0.2) is 0 Å². The number of fused-ring (bicyclic) bond motifs is 3. The lowest BCUT2D eigenvalue weighted by atomic mass is 10.0. The lowest BCUT2D eigenvalue weighted by Crippen LogP contribution is -2.26. The van der Waals surface area contributed by atoms with Gasteiger partial charge in [0.1, 0.15) is 23.9 Å². The molecule has 4 aromatic rings. The van der Waals surface area contributed by atoms with Gasteiger partial charge in [0.15, 0.2) is 0 Å². The summed E-state index contributed by atoms with van der Waals surface area (Å²) in [5, 5.41) is 1.13. The highest BCUT2D eigenvalue weighted by Crippen LogP contribution is 2.55. The summed E-state index contributed by atoms with van der Waals surface area (Å²) >= 11 is 0. The predicted molar refractivity (Wildman–Crippen MR) is 133 cm³/mol. The van der Waals surface area contributed by atoms with Gasteiger partial charge in [-0.05, 0) is 47.0 Å². The zero-order chi connectivity index (χ0) is 22.8. The van der Waals surface area contributed by atoms with Crippen molar-refractivity contribution in [3.63, 3.8) is 0 Å². The fourth-order valence-electron chi connectivity index (χ4n) is 4.00. The van der Waals surface area contributed by atoms with Crippen LogP contribution < -0.4 is 24.6 Å². The molecule has 0 saturated heterocycles. The monoisotopic (exact) mass is 454 g/mol. The summed E-state index contributed by atoms with van der Waals surface area (Å²) in [5.74, 6) is 1.68. The average Bonchev–Trinajstić information content (AvgIpc) is 2.88. The molecule has 5 heteroatoms. The van der Waals surface area contributed by atoms with Gasteiger partial charge in [0.05, 0.1) is 17.7 Å². The molecule has 0 N–H and O–H groups in total.